The minimum atomic E-state index is 0.104. The van der Waals surface area contributed by atoms with Crippen molar-refractivity contribution in [1.29, 1.82) is 0 Å². The van der Waals surface area contributed by atoms with E-state index < -0.39 is 0 Å². The Morgan fingerprint density at radius 3 is 2.65 bits per heavy atom. The second-order valence-corrected chi connectivity index (χ2v) is 5.44. The van der Waals surface area contributed by atoms with E-state index in [-0.39, 0.29) is 5.91 Å². The highest BCUT2D eigenvalue weighted by Gasteiger charge is 2.12. The average molecular weight is 279 g/mol. The van der Waals surface area contributed by atoms with Crippen molar-refractivity contribution in [2.75, 3.05) is 39.4 Å². The third-order valence-electron chi connectivity index (χ3n) is 4.08. The van der Waals surface area contributed by atoms with E-state index in [1.807, 2.05) is 7.05 Å². The fourth-order valence-corrected chi connectivity index (χ4v) is 2.53. The highest BCUT2D eigenvalue weighted by atomic mass is 16.5. The predicted octanol–water partition coefficient (Wildman–Crippen LogP) is 0.633. The van der Waals surface area contributed by atoms with E-state index >= 15 is 0 Å². The van der Waals surface area contributed by atoms with Crippen LogP contribution < -0.4 is 5.32 Å². The number of carbonyl (C=O) groups excluding carboxylic acids is 1. The van der Waals surface area contributed by atoms with E-state index in [2.05, 4.69) is 34.7 Å². The molecular formula is C15H25N3O2. The first-order valence-electron chi connectivity index (χ1n) is 7.26. The average Bonchev–Trinajstić information content (AvgIpc) is 2.67. The van der Waals surface area contributed by atoms with Crippen molar-refractivity contribution < 1.29 is 9.53 Å². The zero-order valence-electron chi connectivity index (χ0n) is 12.7. The summed E-state index contributed by atoms with van der Waals surface area (Å²) in [5, 5.41) is 3.00. The van der Waals surface area contributed by atoms with Crippen LogP contribution in [0.2, 0.25) is 0 Å². The normalized spacial score (nSPS) is 16.4. The highest BCUT2D eigenvalue weighted by molar-refractivity contribution is 5.78. The first-order chi connectivity index (χ1) is 9.58. The van der Waals surface area contributed by atoms with Crippen LogP contribution in [0.5, 0.6) is 0 Å². The van der Waals surface area contributed by atoms with Crippen molar-refractivity contribution in [1.82, 2.24) is 14.8 Å². The largest absolute Gasteiger partial charge is 0.379 e. The van der Waals surface area contributed by atoms with E-state index in [4.69, 9.17) is 4.74 Å². The minimum Gasteiger partial charge on any atom is -0.379 e. The number of aryl methyl sites for hydroxylation is 1. The molecule has 0 saturated carbocycles. The molecule has 20 heavy (non-hydrogen) atoms. The predicted molar refractivity (Wildman–Crippen MR) is 78.9 cm³/mol. The molecule has 0 aromatic carbocycles. The molecular weight excluding hydrogens is 254 g/mol. The second-order valence-electron chi connectivity index (χ2n) is 5.44. The number of hydrogen-bond acceptors (Lipinski definition) is 3. The van der Waals surface area contributed by atoms with Crippen LogP contribution in [0.4, 0.5) is 0 Å². The Labute approximate surface area is 120 Å². The smallest absolute Gasteiger partial charge is 0.224 e. The molecule has 1 aromatic rings. The van der Waals surface area contributed by atoms with Crippen molar-refractivity contribution in [2.45, 2.75) is 20.3 Å². The molecule has 5 nitrogen and oxygen atoms in total. The summed E-state index contributed by atoms with van der Waals surface area (Å²) in [6, 6.07) is 2.09. The Balaban J connectivity index is 1.73. The van der Waals surface area contributed by atoms with Crippen molar-refractivity contribution in [3.05, 3.63) is 23.0 Å². The van der Waals surface area contributed by atoms with Gasteiger partial charge in [0, 0.05) is 44.6 Å². The number of nitrogens with zero attached hydrogens (tertiary/aromatic N) is 2. The van der Waals surface area contributed by atoms with Gasteiger partial charge in [0.05, 0.1) is 19.6 Å². The molecule has 2 heterocycles. The Kier molecular flexibility index (Phi) is 5.20. The standard InChI is InChI=1S/C15H25N3O2/c1-12-10-14(13(2)17(12)3)11-15(19)16-4-5-18-6-8-20-9-7-18/h10H,4-9,11H2,1-3H3,(H,16,19). The highest BCUT2D eigenvalue weighted by Crippen LogP contribution is 2.13. The lowest BCUT2D eigenvalue weighted by atomic mass is 10.1. The van der Waals surface area contributed by atoms with Crippen LogP contribution in [-0.2, 0) is 23.0 Å². The van der Waals surface area contributed by atoms with Gasteiger partial charge in [0.1, 0.15) is 0 Å². The van der Waals surface area contributed by atoms with Gasteiger partial charge in [0.2, 0.25) is 5.91 Å². The van der Waals surface area contributed by atoms with Gasteiger partial charge in [0.25, 0.3) is 0 Å². The zero-order valence-corrected chi connectivity index (χ0v) is 12.7. The number of carbonyl (C=O) groups is 1. The summed E-state index contributed by atoms with van der Waals surface area (Å²) in [5.41, 5.74) is 3.48. The quantitative estimate of drug-likeness (QED) is 0.860. The number of rotatable bonds is 5. The molecule has 1 fully saturated rings. The van der Waals surface area contributed by atoms with Crippen LogP contribution in [0.15, 0.2) is 6.07 Å². The summed E-state index contributed by atoms with van der Waals surface area (Å²) < 4.78 is 7.42. The third-order valence-corrected chi connectivity index (χ3v) is 4.08. The van der Waals surface area contributed by atoms with Gasteiger partial charge >= 0.3 is 0 Å². The summed E-state index contributed by atoms with van der Waals surface area (Å²) >= 11 is 0. The fourth-order valence-electron chi connectivity index (χ4n) is 2.53. The van der Waals surface area contributed by atoms with Gasteiger partial charge in [-0.15, -0.1) is 0 Å². The summed E-state index contributed by atoms with van der Waals surface area (Å²) in [4.78, 5) is 14.3. The molecule has 1 aromatic heterocycles. The van der Waals surface area contributed by atoms with Crippen molar-refractivity contribution in [3.63, 3.8) is 0 Å². The number of amides is 1. The zero-order chi connectivity index (χ0) is 14.5. The molecule has 0 unspecified atom stereocenters. The molecule has 0 bridgehead atoms. The first kappa shape index (κ1) is 15.1. The molecule has 1 amide bonds. The molecule has 0 atom stereocenters. The fraction of sp³-hybridized carbons (Fsp3) is 0.667. The topological polar surface area (TPSA) is 46.5 Å². The van der Waals surface area contributed by atoms with E-state index in [1.54, 1.807) is 0 Å². The summed E-state index contributed by atoms with van der Waals surface area (Å²) in [6.07, 6.45) is 0.469. The first-order valence-corrected chi connectivity index (χ1v) is 7.26. The van der Waals surface area contributed by atoms with Crippen LogP contribution in [0.25, 0.3) is 0 Å². The molecule has 1 aliphatic rings. The summed E-state index contributed by atoms with van der Waals surface area (Å²) in [6.45, 7) is 9.27. The minimum absolute atomic E-state index is 0.104. The maximum Gasteiger partial charge on any atom is 0.224 e. The summed E-state index contributed by atoms with van der Waals surface area (Å²) in [5.74, 6) is 0.104. The van der Waals surface area contributed by atoms with Crippen molar-refractivity contribution in [3.8, 4) is 0 Å². The number of hydrogen-bond donors (Lipinski definition) is 1. The van der Waals surface area contributed by atoms with Gasteiger partial charge in [-0.1, -0.05) is 0 Å². The SMILES string of the molecule is Cc1cc(CC(=O)NCCN2CCOCC2)c(C)n1C. The number of aromatic nitrogens is 1. The molecule has 0 aliphatic carbocycles. The van der Waals surface area contributed by atoms with E-state index in [0.717, 1.165) is 38.4 Å². The van der Waals surface area contributed by atoms with E-state index in [0.29, 0.717) is 13.0 Å². The molecule has 1 N–H and O–H groups in total. The summed E-state index contributed by atoms with van der Waals surface area (Å²) in [7, 11) is 2.03. The van der Waals surface area contributed by atoms with Gasteiger partial charge in [-0.05, 0) is 25.5 Å². The van der Waals surface area contributed by atoms with Gasteiger partial charge in [-0.25, -0.2) is 0 Å². The van der Waals surface area contributed by atoms with Crippen LogP contribution in [0, 0.1) is 13.8 Å². The van der Waals surface area contributed by atoms with Crippen LogP contribution >= 0.6 is 0 Å². The Bertz CT molecular complexity index is 462. The van der Waals surface area contributed by atoms with Crippen LogP contribution in [0.1, 0.15) is 17.0 Å². The number of morpholine rings is 1. The van der Waals surface area contributed by atoms with Gasteiger partial charge in [0.15, 0.2) is 0 Å². The lowest BCUT2D eigenvalue weighted by molar-refractivity contribution is -0.120. The molecule has 112 valence electrons. The molecule has 5 heteroatoms. The molecule has 0 radical (unpaired) electrons. The van der Waals surface area contributed by atoms with Gasteiger partial charge in [-0.3, -0.25) is 9.69 Å². The molecule has 1 saturated heterocycles. The van der Waals surface area contributed by atoms with Gasteiger partial charge < -0.3 is 14.6 Å². The number of ether oxygens (including phenoxy) is 1. The third kappa shape index (κ3) is 3.84. The Hall–Kier alpha value is -1.33. The lowest BCUT2D eigenvalue weighted by Gasteiger charge is -2.26. The van der Waals surface area contributed by atoms with Crippen molar-refractivity contribution >= 4 is 5.91 Å². The maximum absolute atomic E-state index is 12.0. The van der Waals surface area contributed by atoms with E-state index in [1.165, 1.54) is 11.4 Å². The monoisotopic (exact) mass is 279 g/mol. The van der Waals surface area contributed by atoms with E-state index in [9.17, 15) is 4.79 Å². The molecule has 0 spiro atoms. The van der Waals surface area contributed by atoms with Crippen molar-refractivity contribution in [2.24, 2.45) is 7.05 Å². The maximum atomic E-state index is 12.0. The molecule has 1 aliphatic heterocycles. The molecule has 2 rings (SSSR count). The second kappa shape index (κ2) is 6.90. The van der Waals surface area contributed by atoms with Crippen LogP contribution in [0.3, 0.4) is 0 Å². The van der Waals surface area contributed by atoms with Crippen LogP contribution in [-0.4, -0.2) is 54.8 Å². The number of nitrogens with one attached hydrogen (secondary N) is 1. The Morgan fingerprint density at radius 2 is 2.05 bits per heavy atom. The van der Waals surface area contributed by atoms with Gasteiger partial charge in [-0.2, -0.15) is 0 Å². The Morgan fingerprint density at radius 1 is 1.35 bits per heavy atom. The lowest BCUT2D eigenvalue weighted by Crippen LogP contribution is -2.41.